The molecule has 0 aliphatic heterocycles. The molecule has 0 saturated heterocycles. The van der Waals surface area contributed by atoms with E-state index in [0.717, 1.165) is 0 Å². The van der Waals surface area contributed by atoms with Crippen molar-refractivity contribution >= 4 is 11.6 Å². The quantitative estimate of drug-likeness (QED) is 0.802. The zero-order chi connectivity index (χ0) is 14.2. The molecule has 0 bridgehead atoms. The van der Waals surface area contributed by atoms with E-state index in [1.807, 2.05) is 19.9 Å². The highest BCUT2D eigenvalue weighted by Gasteiger charge is 2.38. The fourth-order valence-electron chi connectivity index (χ4n) is 0.866. The number of nitriles is 1. The summed E-state index contributed by atoms with van der Waals surface area (Å²) in [5.41, 5.74) is 3.98. The topological polar surface area (TPSA) is 64.9 Å². The van der Waals surface area contributed by atoms with Crippen molar-refractivity contribution in [1.29, 1.82) is 5.26 Å². The molecule has 7 heteroatoms. The third kappa shape index (κ3) is 5.21. The molecule has 0 spiro atoms. The second kappa shape index (κ2) is 7.17. The van der Waals surface area contributed by atoms with Crippen LogP contribution in [0.2, 0.25) is 0 Å². The lowest BCUT2D eigenvalue weighted by Gasteiger charge is -2.10. The minimum absolute atomic E-state index is 0.191. The zero-order valence-electron chi connectivity index (χ0n) is 9.80. The highest BCUT2D eigenvalue weighted by atomic mass is 19.4. The monoisotopic (exact) mass is 259 g/mol. The number of carbonyl (C=O) groups is 1. The van der Waals surface area contributed by atoms with Gasteiger partial charge in [-0.25, -0.2) is 0 Å². The Kier molecular flexibility index (Phi) is 6.28. The van der Waals surface area contributed by atoms with Gasteiger partial charge in [-0.3, -0.25) is 15.6 Å². The molecule has 0 aliphatic rings. The molecule has 0 heterocycles. The van der Waals surface area contributed by atoms with Gasteiger partial charge in [0.05, 0.1) is 17.3 Å². The standard InChI is InChI=1S/C9H6F3N3O.C2H6/c10-9(11,12)8(16)15-14-7-3-1-2-6(4-7)5-13;1-2/h1-4,14H,(H,15,16);1-2H3. The molecule has 98 valence electrons. The number of hydrogen-bond acceptors (Lipinski definition) is 3. The SMILES string of the molecule is CC.N#Cc1cccc(NNC(=O)C(F)(F)F)c1. The smallest absolute Gasteiger partial charge is 0.298 e. The number of carbonyl (C=O) groups excluding carboxylic acids is 1. The number of hydrogen-bond donors (Lipinski definition) is 2. The number of nitrogens with zero attached hydrogens (tertiary/aromatic N) is 1. The summed E-state index contributed by atoms with van der Waals surface area (Å²) >= 11 is 0. The summed E-state index contributed by atoms with van der Waals surface area (Å²) in [5, 5.41) is 8.52. The highest BCUT2D eigenvalue weighted by molar-refractivity contribution is 5.82. The van der Waals surface area contributed by atoms with Crippen LogP contribution in [0.25, 0.3) is 0 Å². The molecule has 1 aromatic carbocycles. The predicted octanol–water partition coefficient (Wildman–Crippen LogP) is 2.59. The van der Waals surface area contributed by atoms with E-state index in [1.54, 1.807) is 0 Å². The van der Waals surface area contributed by atoms with Crippen LogP contribution in [0.5, 0.6) is 0 Å². The Morgan fingerprint density at radius 1 is 1.33 bits per heavy atom. The van der Waals surface area contributed by atoms with Crippen LogP contribution in [0.1, 0.15) is 19.4 Å². The average molecular weight is 259 g/mol. The first-order valence-corrected chi connectivity index (χ1v) is 5.07. The summed E-state index contributed by atoms with van der Waals surface area (Å²) < 4.78 is 35.4. The number of anilines is 1. The average Bonchev–Trinajstić information content (AvgIpc) is 2.37. The molecular formula is C11H12F3N3O. The molecule has 1 amide bonds. The summed E-state index contributed by atoms with van der Waals surface area (Å²) in [5.74, 6) is -2.10. The third-order valence-corrected chi connectivity index (χ3v) is 1.57. The van der Waals surface area contributed by atoms with Crippen molar-refractivity contribution in [3.05, 3.63) is 29.8 Å². The molecule has 0 saturated carbocycles. The molecule has 18 heavy (non-hydrogen) atoms. The molecule has 1 aromatic rings. The van der Waals surface area contributed by atoms with Crippen LogP contribution in [-0.4, -0.2) is 12.1 Å². The molecule has 4 nitrogen and oxygen atoms in total. The lowest BCUT2D eigenvalue weighted by molar-refractivity contribution is -0.173. The molecule has 0 radical (unpaired) electrons. The minimum Gasteiger partial charge on any atom is -0.298 e. The van der Waals surface area contributed by atoms with Crippen LogP contribution < -0.4 is 10.9 Å². The van der Waals surface area contributed by atoms with Crippen LogP contribution in [0.15, 0.2) is 24.3 Å². The normalized spacial score (nSPS) is 9.56. The van der Waals surface area contributed by atoms with E-state index in [0.29, 0.717) is 0 Å². The number of rotatable bonds is 2. The number of halogens is 3. The zero-order valence-corrected chi connectivity index (χ0v) is 9.80. The Balaban J connectivity index is 0.00000137. The predicted molar refractivity (Wildman–Crippen MR) is 60.3 cm³/mol. The molecule has 1 rings (SSSR count). The van der Waals surface area contributed by atoms with Crippen LogP contribution in [-0.2, 0) is 4.79 Å². The summed E-state index contributed by atoms with van der Waals surface area (Å²) in [6.07, 6.45) is -4.94. The van der Waals surface area contributed by atoms with E-state index in [-0.39, 0.29) is 11.3 Å². The van der Waals surface area contributed by atoms with Crippen molar-refractivity contribution in [2.45, 2.75) is 20.0 Å². The van der Waals surface area contributed by atoms with Crippen molar-refractivity contribution in [1.82, 2.24) is 5.43 Å². The molecule has 0 unspecified atom stereocenters. The fourth-order valence-corrected chi connectivity index (χ4v) is 0.866. The first-order chi connectivity index (χ1) is 8.43. The summed E-state index contributed by atoms with van der Waals surface area (Å²) in [7, 11) is 0. The largest absolute Gasteiger partial charge is 0.472 e. The van der Waals surface area contributed by atoms with E-state index < -0.39 is 12.1 Å². The van der Waals surface area contributed by atoms with Gasteiger partial charge in [0.15, 0.2) is 0 Å². The maximum absolute atomic E-state index is 11.8. The number of amides is 1. The first kappa shape index (κ1) is 15.8. The van der Waals surface area contributed by atoms with Crippen molar-refractivity contribution in [3.63, 3.8) is 0 Å². The maximum atomic E-state index is 11.8. The van der Waals surface area contributed by atoms with Gasteiger partial charge in [-0.15, -0.1) is 0 Å². The Labute approximate surface area is 102 Å². The van der Waals surface area contributed by atoms with Crippen LogP contribution in [0.4, 0.5) is 18.9 Å². The molecule has 0 aliphatic carbocycles. The van der Waals surface area contributed by atoms with Crippen LogP contribution in [0, 0.1) is 11.3 Å². The first-order valence-electron chi connectivity index (χ1n) is 5.07. The van der Waals surface area contributed by atoms with Gasteiger partial charge >= 0.3 is 12.1 Å². The van der Waals surface area contributed by atoms with Crippen molar-refractivity contribution in [2.75, 3.05) is 5.43 Å². The van der Waals surface area contributed by atoms with Crippen molar-refractivity contribution in [2.24, 2.45) is 0 Å². The van der Waals surface area contributed by atoms with Crippen molar-refractivity contribution < 1.29 is 18.0 Å². The van der Waals surface area contributed by atoms with E-state index in [2.05, 4.69) is 5.43 Å². The van der Waals surface area contributed by atoms with Gasteiger partial charge in [0.2, 0.25) is 0 Å². The lowest BCUT2D eigenvalue weighted by atomic mass is 10.2. The number of alkyl halides is 3. The second-order valence-corrected chi connectivity index (χ2v) is 2.77. The van der Waals surface area contributed by atoms with E-state index >= 15 is 0 Å². The Hall–Kier alpha value is -2.23. The summed E-state index contributed by atoms with van der Waals surface area (Å²) in [4.78, 5) is 10.4. The van der Waals surface area contributed by atoms with Gasteiger partial charge in [-0.1, -0.05) is 19.9 Å². The van der Waals surface area contributed by atoms with E-state index in [9.17, 15) is 18.0 Å². The molecular weight excluding hydrogens is 247 g/mol. The van der Waals surface area contributed by atoms with E-state index in [4.69, 9.17) is 5.26 Å². The molecule has 0 aromatic heterocycles. The molecule has 0 fully saturated rings. The Morgan fingerprint density at radius 3 is 2.44 bits per heavy atom. The highest BCUT2D eigenvalue weighted by Crippen LogP contribution is 2.14. The number of nitrogens with one attached hydrogen (secondary N) is 2. The van der Waals surface area contributed by atoms with Crippen molar-refractivity contribution in [3.8, 4) is 6.07 Å². The second-order valence-electron chi connectivity index (χ2n) is 2.77. The third-order valence-electron chi connectivity index (χ3n) is 1.57. The van der Waals surface area contributed by atoms with Gasteiger partial charge < -0.3 is 0 Å². The van der Waals surface area contributed by atoms with Gasteiger partial charge in [-0.05, 0) is 18.2 Å². The maximum Gasteiger partial charge on any atom is 0.472 e. The lowest BCUT2D eigenvalue weighted by Crippen LogP contribution is -2.40. The Morgan fingerprint density at radius 2 is 1.94 bits per heavy atom. The number of benzene rings is 1. The van der Waals surface area contributed by atoms with Crippen LogP contribution in [0.3, 0.4) is 0 Å². The molecule has 2 N–H and O–H groups in total. The molecule has 0 atom stereocenters. The summed E-state index contributed by atoms with van der Waals surface area (Å²) in [6.45, 7) is 4.00. The Bertz CT molecular complexity index is 438. The van der Waals surface area contributed by atoms with Crippen LogP contribution >= 0.6 is 0 Å². The van der Waals surface area contributed by atoms with Gasteiger partial charge in [-0.2, -0.15) is 18.4 Å². The van der Waals surface area contributed by atoms with Gasteiger partial charge in [0.25, 0.3) is 0 Å². The van der Waals surface area contributed by atoms with Gasteiger partial charge in [0.1, 0.15) is 0 Å². The fraction of sp³-hybridized carbons (Fsp3) is 0.273. The van der Waals surface area contributed by atoms with E-state index in [1.165, 1.54) is 29.7 Å². The summed E-state index contributed by atoms with van der Waals surface area (Å²) in [6, 6.07) is 7.48. The minimum atomic E-state index is -4.94. The number of hydrazine groups is 1. The van der Waals surface area contributed by atoms with Gasteiger partial charge in [0, 0.05) is 0 Å².